The predicted molar refractivity (Wildman–Crippen MR) is 69.6 cm³/mol. The van der Waals surface area contributed by atoms with E-state index in [4.69, 9.17) is 5.73 Å². The minimum Gasteiger partial charge on any atom is -0.330 e. The van der Waals surface area contributed by atoms with Gasteiger partial charge in [-0.25, -0.2) is 4.39 Å². The second-order valence-corrected chi connectivity index (χ2v) is 5.04. The van der Waals surface area contributed by atoms with E-state index in [1.165, 1.54) is 19.3 Å². The van der Waals surface area contributed by atoms with Crippen LogP contribution in [0.5, 0.6) is 0 Å². The fraction of sp³-hybridized carbons (Fsp3) is 0.600. The van der Waals surface area contributed by atoms with E-state index in [1.54, 1.807) is 0 Å². The van der Waals surface area contributed by atoms with Crippen LogP contribution < -0.4 is 5.73 Å². The number of alkyl halides is 1. The van der Waals surface area contributed by atoms with Crippen molar-refractivity contribution in [2.75, 3.05) is 6.54 Å². The number of rotatable bonds is 4. The van der Waals surface area contributed by atoms with Gasteiger partial charge in [-0.05, 0) is 42.9 Å². The molecule has 1 aromatic carbocycles. The molecule has 2 N–H and O–H groups in total. The van der Waals surface area contributed by atoms with E-state index in [0.717, 1.165) is 30.4 Å². The molecule has 0 aliphatic heterocycles. The van der Waals surface area contributed by atoms with E-state index in [2.05, 4.69) is 0 Å². The Morgan fingerprint density at radius 1 is 1.18 bits per heavy atom. The van der Waals surface area contributed by atoms with Crippen molar-refractivity contribution in [3.63, 3.8) is 0 Å². The number of hydrogen-bond donors (Lipinski definition) is 1. The van der Waals surface area contributed by atoms with Crippen molar-refractivity contribution < 1.29 is 4.39 Å². The van der Waals surface area contributed by atoms with Gasteiger partial charge < -0.3 is 5.73 Å². The van der Waals surface area contributed by atoms with Crippen LogP contribution in [0.1, 0.15) is 49.4 Å². The first kappa shape index (κ1) is 12.6. The van der Waals surface area contributed by atoms with E-state index >= 15 is 0 Å². The Balaban J connectivity index is 2.14. The molecule has 0 radical (unpaired) electrons. The maximum absolute atomic E-state index is 14.6. The molecule has 0 amide bonds. The summed E-state index contributed by atoms with van der Waals surface area (Å²) in [6.07, 6.45) is 5.71. The molecule has 1 atom stereocenters. The maximum Gasteiger partial charge on any atom is 0.128 e. The van der Waals surface area contributed by atoms with Crippen molar-refractivity contribution in [1.29, 1.82) is 0 Å². The highest BCUT2D eigenvalue weighted by molar-refractivity contribution is 5.30. The minimum absolute atomic E-state index is 0.225. The molecule has 0 saturated heterocycles. The first-order valence-corrected chi connectivity index (χ1v) is 6.75. The monoisotopic (exact) mass is 235 g/mol. The minimum atomic E-state index is -0.793. The highest BCUT2D eigenvalue weighted by Gasteiger charge is 2.25. The molecule has 0 heterocycles. The zero-order valence-electron chi connectivity index (χ0n) is 10.4. The smallest absolute Gasteiger partial charge is 0.128 e. The Morgan fingerprint density at radius 2 is 1.88 bits per heavy atom. The molecule has 1 aliphatic rings. The van der Waals surface area contributed by atoms with Gasteiger partial charge in [-0.3, -0.25) is 0 Å². The van der Waals surface area contributed by atoms with E-state index in [9.17, 15) is 4.39 Å². The molecule has 0 spiro atoms. The summed E-state index contributed by atoms with van der Waals surface area (Å²) in [5, 5.41) is 0. The molecule has 1 nitrogen and oxygen atoms in total. The molecule has 94 valence electrons. The molecular formula is C15H22FN. The molecule has 0 aromatic heterocycles. The first-order valence-electron chi connectivity index (χ1n) is 6.75. The Bertz CT molecular complexity index is 345. The van der Waals surface area contributed by atoms with Gasteiger partial charge in [0, 0.05) is 0 Å². The van der Waals surface area contributed by atoms with Gasteiger partial charge in [0.2, 0.25) is 0 Å². The zero-order valence-corrected chi connectivity index (χ0v) is 10.4. The summed E-state index contributed by atoms with van der Waals surface area (Å²) in [6.45, 7) is 0.592. The predicted octanol–water partition coefficient (Wildman–Crippen LogP) is 3.78. The van der Waals surface area contributed by atoms with E-state index in [1.807, 2.05) is 24.3 Å². The third-order valence-electron chi connectivity index (χ3n) is 3.83. The van der Waals surface area contributed by atoms with Crippen LogP contribution in [0.4, 0.5) is 4.39 Å². The van der Waals surface area contributed by atoms with Crippen molar-refractivity contribution in [1.82, 2.24) is 0 Å². The molecule has 1 fully saturated rings. The highest BCUT2D eigenvalue weighted by Crippen LogP contribution is 2.38. The summed E-state index contributed by atoms with van der Waals surface area (Å²) in [5.41, 5.74) is 7.56. The lowest BCUT2D eigenvalue weighted by atomic mass is 9.82. The summed E-state index contributed by atoms with van der Waals surface area (Å²) in [6, 6.07) is 7.86. The highest BCUT2D eigenvalue weighted by atomic mass is 19.1. The molecule has 1 aromatic rings. The fourth-order valence-electron chi connectivity index (χ4n) is 2.87. The van der Waals surface area contributed by atoms with Crippen molar-refractivity contribution in [2.24, 2.45) is 11.7 Å². The second kappa shape index (κ2) is 6.15. The summed E-state index contributed by atoms with van der Waals surface area (Å²) in [5.74, 6) is 0.225. The van der Waals surface area contributed by atoms with Crippen molar-refractivity contribution in [2.45, 2.75) is 44.7 Å². The normalized spacial score (nSPS) is 19.2. The van der Waals surface area contributed by atoms with Gasteiger partial charge in [-0.15, -0.1) is 0 Å². The van der Waals surface area contributed by atoms with Crippen LogP contribution in [0.25, 0.3) is 0 Å². The molecular weight excluding hydrogens is 213 g/mol. The molecule has 1 aliphatic carbocycles. The van der Waals surface area contributed by atoms with Gasteiger partial charge in [-0.2, -0.15) is 0 Å². The number of nitrogens with two attached hydrogens (primary N) is 1. The summed E-state index contributed by atoms with van der Waals surface area (Å²) in [4.78, 5) is 0. The lowest BCUT2D eigenvalue weighted by Gasteiger charge is -2.26. The number of benzene rings is 1. The second-order valence-electron chi connectivity index (χ2n) is 5.04. The third-order valence-corrected chi connectivity index (χ3v) is 3.83. The lowest BCUT2D eigenvalue weighted by Crippen LogP contribution is -2.15. The molecule has 1 unspecified atom stereocenters. The average Bonchev–Trinajstić information content (AvgIpc) is 2.40. The maximum atomic E-state index is 14.6. The molecule has 0 bridgehead atoms. The van der Waals surface area contributed by atoms with Gasteiger partial charge in [-0.1, -0.05) is 43.5 Å². The van der Waals surface area contributed by atoms with E-state index in [-0.39, 0.29) is 5.92 Å². The van der Waals surface area contributed by atoms with Crippen LogP contribution in [0.15, 0.2) is 24.3 Å². The summed E-state index contributed by atoms with van der Waals surface area (Å²) >= 11 is 0. The summed E-state index contributed by atoms with van der Waals surface area (Å²) < 4.78 is 14.6. The van der Waals surface area contributed by atoms with Gasteiger partial charge in [0.25, 0.3) is 0 Å². The zero-order chi connectivity index (χ0) is 12.1. The lowest BCUT2D eigenvalue weighted by molar-refractivity contribution is 0.182. The van der Waals surface area contributed by atoms with Gasteiger partial charge in [0.1, 0.15) is 6.17 Å². The average molecular weight is 235 g/mol. The van der Waals surface area contributed by atoms with Crippen LogP contribution in [0.2, 0.25) is 0 Å². The number of hydrogen-bond acceptors (Lipinski definition) is 1. The Labute approximate surface area is 103 Å². The van der Waals surface area contributed by atoms with E-state index in [0.29, 0.717) is 6.54 Å². The van der Waals surface area contributed by atoms with Crippen molar-refractivity contribution in [3.05, 3.63) is 35.4 Å². The van der Waals surface area contributed by atoms with Gasteiger partial charge >= 0.3 is 0 Å². The Kier molecular flexibility index (Phi) is 4.55. The quantitative estimate of drug-likeness (QED) is 0.844. The number of halogens is 1. The molecule has 1 saturated carbocycles. The SMILES string of the molecule is NCCc1ccccc1C(F)C1CCCCC1. The molecule has 2 heteroatoms. The molecule has 17 heavy (non-hydrogen) atoms. The Hall–Kier alpha value is -0.890. The van der Waals surface area contributed by atoms with Crippen LogP contribution in [0, 0.1) is 5.92 Å². The van der Waals surface area contributed by atoms with Crippen LogP contribution in [0.3, 0.4) is 0 Å². The van der Waals surface area contributed by atoms with Crippen LogP contribution >= 0.6 is 0 Å². The van der Waals surface area contributed by atoms with Crippen LogP contribution in [-0.4, -0.2) is 6.54 Å². The standard InChI is InChI=1S/C15H22FN/c16-15(13-7-2-1-3-8-13)14-9-5-4-6-12(14)10-11-17/h4-6,9,13,15H,1-3,7-8,10-11,17H2. The molecule has 2 rings (SSSR count). The Morgan fingerprint density at radius 3 is 2.59 bits per heavy atom. The summed E-state index contributed by atoms with van der Waals surface area (Å²) in [7, 11) is 0. The van der Waals surface area contributed by atoms with Gasteiger partial charge in [0.15, 0.2) is 0 Å². The van der Waals surface area contributed by atoms with Crippen molar-refractivity contribution in [3.8, 4) is 0 Å². The third kappa shape index (κ3) is 3.06. The van der Waals surface area contributed by atoms with Crippen LogP contribution in [-0.2, 0) is 6.42 Å². The van der Waals surface area contributed by atoms with Gasteiger partial charge in [0.05, 0.1) is 0 Å². The topological polar surface area (TPSA) is 26.0 Å². The first-order chi connectivity index (χ1) is 8.33. The van der Waals surface area contributed by atoms with Crippen molar-refractivity contribution >= 4 is 0 Å². The fourth-order valence-corrected chi connectivity index (χ4v) is 2.87. The van der Waals surface area contributed by atoms with E-state index < -0.39 is 6.17 Å². The largest absolute Gasteiger partial charge is 0.330 e.